The van der Waals surface area contributed by atoms with E-state index in [0.717, 1.165) is 64.3 Å². The molecule has 3 aliphatic rings. The van der Waals surface area contributed by atoms with Crippen molar-refractivity contribution < 1.29 is 9.47 Å². The molecule has 6 heteroatoms. The van der Waals surface area contributed by atoms with Gasteiger partial charge in [-0.05, 0) is 39.2 Å². The van der Waals surface area contributed by atoms with Gasteiger partial charge in [0.1, 0.15) is 6.10 Å². The Morgan fingerprint density at radius 2 is 1.96 bits per heavy atom. The minimum Gasteiger partial charge on any atom is -0.472 e. The van der Waals surface area contributed by atoms with Gasteiger partial charge < -0.3 is 19.3 Å². The molecular formula is C17H26N4O2. The van der Waals surface area contributed by atoms with Gasteiger partial charge in [-0.2, -0.15) is 0 Å². The fraction of sp³-hybridized carbons (Fsp3) is 0.765. The highest BCUT2D eigenvalue weighted by atomic mass is 16.5. The van der Waals surface area contributed by atoms with Crippen molar-refractivity contribution in [3.05, 3.63) is 12.4 Å². The SMILES string of the molecule is CN1CCC2(CC1)CN(c1nccnc1OC1CCC1)CCO2. The summed E-state index contributed by atoms with van der Waals surface area (Å²) in [5, 5.41) is 0. The Hall–Kier alpha value is -1.40. The molecule has 1 aromatic rings. The van der Waals surface area contributed by atoms with Crippen molar-refractivity contribution in [2.45, 2.75) is 43.8 Å². The van der Waals surface area contributed by atoms with Crippen LogP contribution in [0.15, 0.2) is 12.4 Å². The second-order valence-corrected chi connectivity index (χ2v) is 7.11. The normalized spacial score (nSPS) is 25.3. The van der Waals surface area contributed by atoms with Gasteiger partial charge in [0, 0.05) is 38.6 Å². The Kier molecular flexibility index (Phi) is 4.11. The fourth-order valence-corrected chi connectivity index (χ4v) is 3.62. The molecule has 1 spiro atoms. The van der Waals surface area contributed by atoms with Crippen LogP contribution in [0.4, 0.5) is 5.82 Å². The number of nitrogens with zero attached hydrogens (tertiary/aromatic N) is 4. The van der Waals surface area contributed by atoms with E-state index in [-0.39, 0.29) is 5.60 Å². The zero-order valence-corrected chi connectivity index (χ0v) is 13.9. The van der Waals surface area contributed by atoms with Gasteiger partial charge in [0.15, 0.2) is 5.82 Å². The van der Waals surface area contributed by atoms with E-state index in [1.54, 1.807) is 12.4 Å². The van der Waals surface area contributed by atoms with Crippen LogP contribution in [-0.4, -0.2) is 66.4 Å². The molecule has 0 radical (unpaired) electrons. The number of aromatic nitrogens is 2. The summed E-state index contributed by atoms with van der Waals surface area (Å²) in [7, 11) is 2.18. The highest BCUT2D eigenvalue weighted by Crippen LogP contribution is 2.35. The van der Waals surface area contributed by atoms with Crippen LogP contribution in [0.3, 0.4) is 0 Å². The smallest absolute Gasteiger partial charge is 0.257 e. The average molecular weight is 318 g/mol. The van der Waals surface area contributed by atoms with Crippen molar-refractivity contribution in [1.82, 2.24) is 14.9 Å². The Morgan fingerprint density at radius 1 is 1.17 bits per heavy atom. The van der Waals surface area contributed by atoms with E-state index in [9.17, 15) is 0 Å². The molecule has 0 atom stereocenters. The van der Waals surface area contributed by atoms with Crippen LogP contribution >= 0.6 is 0 Å². The van der Waals surface area contributed by atoms with Crippen LogP contribution in [0.5, 0.6) is 5.88 Å². The molecule has 2 aliphatic heterocycles. The summed E-state index contributed by atoms with van der Waals surface area (Å²) in [5.41, 5.74) is -0.0317. The summed E-state index contributed by atoms with van der Waals surface area (Å²) in [5.74, 6) is 1.59. The third kappa shape index (κ3) is 3.15. The third-order valence-corrected chi connectivity index (χ3v) is 5.42. The van der Waals surface area contributed by atoms with E-state index in [4.69, 9.17) is 9.47 Å². The molecule has 0 N–H and O–H groups in total. The highest BCUT2D eigenvalue weighted by Gasteiger charge is 2.40. The van der Waals surface area contributed by atoms with E-state index in [2.05, 4.69) is 26.8 Å². The van der Waals surface area contributed by atoms with Crippen molar-refractivity contribution in [3.63, 3.8) is 0 Å². The minimum absolute atomic E-state index is 0.0317. The molecule has 3 heterocycles. The topological polar surface area (TPSA) is 50.7 Å². The highest BCUT2D eigenvalue weighted by molar-refractivity contribution is 5.48. The molecule has 1 aliphatic carbocycles. The molecule has 6 nitrogen and oxygen atoms in total. The first-order valence-corrected chi connectivity index (χ1v) is 8.79. The van der Waals surface area contributed by atoms with E-state index in [1.165, 1.54) is 6.42 Å². The number of hydrogen-bond acceptors (Lipinski definition) is 6. The number of anilines is 1. The summed E-state index contributed by atoms with van der Waals surface area (Å²) in [4.78, 5) is 13.7. The van der Waals surface area contributed by atoms with Crippen LogP contribution < -0.4 is 9.64 Å². The molecule has 23 heavy (non-hydrogen) atoms. The lowest BCUT2D eigenvalue weighted by Gasteiger charge is -2.47. The molecule has 3 fully saturated rings. The molecule has 0 unspecified atom stereocenters. The standard InChI is InChI=1S/C17H26N4O2/c1-20-9-5-17(6-10-20)13-21(11-12-22-17)15-16(19-8-7-18-15)23-14-3-2-4-14/h7-8,14H,2-6,9-13H2,1H3. The van der Waals surface area contributed by atoms with Crippen molar-refractivity contribution >= 4 is 5.82 Å². The van der Waals surface area contributed by atoms with Crippen LogP contribution in [-0.2, 0) is 4.74 Å². The molecule has 2 saturated heterocycles. The lowest BCUT2D eigenvalue weighted by atomic mass is 9.89. The molecule has 0 amide bonds. The summed E-state index contributed by atoms with van der Waals surface area (Å²) in [6.45, 7) is 4.69. The molecule has 0 aromatic carbocycles. The molecule has 0 bridgehead atoms. The van der Waals surface area contributed by atoms with Crippen LogP contribution in [0.1, 0.15) is 32.1 Å². The first-order valence-electron chi connectivity index (χ1n) is 8.79. The minimum atomic E-state index is -0.0317. The lowest BCUT2D eigenvalue weighted by molar-refractivity contribution is -0.0886. The second kappa shape index (κ2) is 6.24. The van der Waals surface area contributed by atoms with E-state index in [1.807, 2.05) is 0 Å². The maximum Gasteiger partial charge on any atom is 0.257 e. The molecule has 1 saturated carbocycles. The Morgan fingerprint density at radius 3 is 2.70 bits per heavy atom. The number of piperidine rings is 1. The molecule has 4 rings (SSSR count). The zero-order chi connectivity index (χ0) is 15.7. The van der Waals surface area contributed by atoms with Crippen LogP contribution in [0.25, 0.3) is 0 Å². The monoisotopic (exact) mass is 318 g/mol. The lowest BCUT2D eigenvalue weighted by Crippen LogP contribution is -2.56. The maximum atomic E-state index is 6.20. The number of morpholine rings is 1. The van der Waals surface area contributed by atoms with Gasteiger partial charge in [0.2, 0.25) is 0 Å². The molecular weight excluding hydrogens is 292 g/mol. The Balaban J connectivity index is 1.51. The summed E-state index contributed by atoms with van der Waals surface area (Å²) in [6.07, 6.45) is 9.50. The quantitative estimate of drug-likeness (QED) is 0.846. The van der Waals surface area contributed by atoms with Crippen molar-refractivity contribution in [2.24, 2.45) is 0 Å². The predicted octanol–water partition coefficient (Wildman–Crippen LogP) is 1.71. The first-order chi connectivity index (χ1) is 11.2. The molecule has 126 valence electrons. The Labute approximate surface area is 137 Å². The zero-order valence-electron chi connectivity index (χ0n) is 13.9. The average Bonchev–Trinajstić information content (AvgIpc) is 2.55. The van der Waals surface area contributed by atoms with Crippen LogP contribution in [0.2, 0.25) is 0 Å². The van der Waals surface area contributed by atoms with E-state index < -0.39 is 0 Å². The van der Waals surface area contributed by atoms with Gasteiger partial charge in [0.25, 0.3) is 5.88 Å². The van der Waals surface area contributed by atoms with Gasteiger partial charge in [0.05, 0.1) is 12.2 Å². The van der Waals surface area contributed by atoms with Gasteiger partial charge in [-0.15, -0.1) is 0 Å². The van der Waals surface area contributed by atoms with Gasteiger partial charge >= 0.3 is 0 Å². The largest absolute Gasteiger partial charge is 0.472 e. The molecule has 1 aromatic heterocycles. The predicted molar refractivity (Wildman–Crippen MR) is 87.9 cm³/mol. The summed E-state index contributed by atoms with van der Waals surface area (Å²) < 4.78 is 12.3. The number of rotatable bonds is 3. The number of likely N-dealkylation sites (tertiary alicyclic amines) is 1. The summed E-state index contributed by atoms with van der Waals surface area (Å²) in [6, 6.07) is 0. The van der Waals surface area contributed by atoms with Crippen molar-refractivity contribution in [3.8, 4) is 5.88 Å². The number of ether oxygens (including phenoxy) is 2. The van der Waals surface area contributed by atoms with Crippen molar-refractivity contribution in [1.29, 1.82) is 0 Å². The van der Waals surface area contributed by atoms with Crippen molar-refractivity contribution in [2.75, 3.05) is 44.7 Å². The van der Waals surface area contributed by atoms with E-state index in [0.29, 0.717) is 12.0 Å². The number of hydrogen-bond donors (Lipinski definition) is 0. The first kappa shape index (κ1) is 15.1. The fourth-order valence-electron chi connectivity index (χ4n) is 3.62. The van der Waals surface area contributed by atoms with Gasteiger partial charge in [-0.3, -0.25) is 0 Å². The Bertz CT molecular complexity index is 541. The second-order valence-electron chi connectivity index (χ2n) is 7.11. The van der Waals surface area contributed by atoms with Gasteiger partial charge in [-0.1, -0.05) is 0 Å². The van der Waals surface area contributed by atoms with Crippen LogP contribution in [0, 0.1) is 0 Å². The van der Waals surface area contributed by atoms with Gasteiger partial charge in [-0.25, -0.2) is 9.97 Å². The maximum absolute atomic E-state index is 6.20. The third-order valence-electron chi connectivity index (χ3n) is 5.42. The van der Waals surface area contributed by atoms with E-state index >= 15 is 0 Å². The summed E-state index contributed by atoms with van der Waals surface area (Å²) >= 11 is 0.